The van der Waals surface area contributed by atoms with E-state index in [1.54, 1.807) is 0 Å². The van der Waals surface area contributed by atoms with Gasteiger partial charge < -0.3 is 9.32 Å². The van der Waals surface area contributed by atoms with Gasteiger partial charge in [-0.1, -0.05) is 26.0 Å². The predicted molar refractivity (Wildman–Crippen MR) is 83.4 cm³/mol. The highest BCUT2D eigenvalue weighted by atomic mass is 16.4. The fourth-order valence-corrected chi connectivity index (χ4v) is 3.27. The van der Waals surface area contributed by atoms with Crippen molar-refractivity contribution in [3.63, 3.8) is 0 Å². The average Bonchev–Trinajstić information content (AvgIpc) is 3.05. The summed E-state index contributed by atoms with van der Waals surface area (Å²) in [5.41, 5.74) is 0. The molecular weight excluding hydrogens is 278 g/mol. The van der Waals surface area contributed by atoms with Crippen molar-refractivity contribution in [2.45, 2.75) is 57.8 Å². The van der Waals surface area contributed by atoms with Crippen LogP contribution >= 0.6 is 0 Å². The van der Waals surface area contributed by atoms with Crippen molar-refractivity contribution < 1.29 is 9.21 Å². The third kappa shape index (κ3) is 3.23. The van der Waals surface area contributed by atoms with E-state index in [-0.39, 0.29) is 11.8 Å². The van der Waals surface area contributed by atoms with Crippen molar-refractivity contribution in [3.8, 4) is 0 Å². The van der Waals surface area contributed by atoms with Gasteiger partial charge in [-0.15, -0.1) is 10.2 Å². The molecule has 0 bridgehead atoms. The van der Waals surface area contributed by atoms with Gasteiger partial charge in [-0.05, 0) is 32.1 Å². The molecule has 2 aliphatic rings. The second-order valence-electron chi connectivity index (χ2n) is 6.71. The molecule has 1 amide bonds. The van der Waals surface area contributed by atoms with Gasteiger partial charge in [0.2, 0.25) is 17.7 Å². The Morgan fingerprint density at radius 3 is 2.59 bits per heavy atom. The topological polar surface area (TPSA) is 59.2 Å². The minimum atomic E-state index is 0.192. The quantitative estimate of drug-likeness (QED) is 0.804. The Kier molecular flexibility index (Phi) is 4.60. The number of piperidine rings is 1. The van der Waals surface area contributed by atoms with Gasteiger partial charge in [-0.3, -0.25) is 4.79 Å². The van der Waals surface area contributed by atoms with Gasteiger partial charge in [0.25, 0.3) is 0 Å². The fourth-order valence-electron chi connectivity index (χ4n) is 3.27. The number of allylic oxidation sites excluding steroid dienone is 2. The van der Waals surface area contributed by atoms with Crippen LogP contribution in [-0.2, 0) is 4.79 Å². The Morgan fingerprint density at radius 1 is 1.23 bits per heavy atom. The molecule has 5 nitrogen and oxygen atoms in total. The van der Waals surface area contributed by atoms with Crippen LogP contribution in [-0.4, -0.2) is 34.1 Å². The van der Waals surface area contributed by atoms with Crippen molar-refractivity contribution in [1.29, 1.82) is 0 Å². The highest BCUT2D eigenvalue weighted by Crippen LogP contribution is 2.30. The molecule has 0 aromatic carbocycles. The van der Waals surface area contributed by atoms with Crippen molar-refractivity contribution in [3.05, 3.63) is 23.9 Å². The van der Waals surface area contributed by atoms with Crippen molar-refractivity contribution in [2.24, 2.45) is 5.92 Å². The van der Waals surface area contributed by atoms with E-state index in [1.807, 2.05) is 4.90 Å². The van der Waals surface area contributed by atoms with E-state index in [2.05, 4.69) is 36.2 Å². The molecule has 5 heteroatoms. The largest absolute Gasteiger partial charge is 0.425 e. The molecule has 120 valence electrons. The predicted octanol–water partition coefficient (Wildman–Crippen LogP) is 3.26. The lowest BCUT2D eigenvalue weighted by atomic mass is 9.91. The minimum Gasteiger partial charge on any atom is -0.425 e. The first-order valence-electron chi connectivity index (χ1n) is 8.42. The van der Waals surface area contributed by atoms with Crippen LogP contribution in [0.4, 0.5) is 0 Å². The number of nitrogens with zero attached hydrogens (tertiary/aromatic N) is 3. The summed E-state index contributed by atoms with van der Waals surface area (Å²) < 4.78 is 5.76. The molecule has 0 radical (unpaired) electrons. The van der Waals surface area contributed by atoms with E-state index in [0.717, 1.165) is 51.1 Å². The maximum atomic E-state index is 12.5. The van der Waals surface area contributed by atoms with Crippen LogP contribution in [0.1, 0.15) is 69.6 Å². The van der Waals surface area contributed by atoms with Gasteiger partial charge >= 0.3 is 0 Å². The standard InChI is InChI=1S/C17H25N3O2/c1-12(2)15-18-19-16(22-15)13-8-10-20(11-9-13)17(21)14-6-4-3-5-7-14/h3-4,12-14H,5-11H2,1-2H3. The summed E-state index contributed by atoms with van der Waals surface area (Å²) in [6, 6.07) is 0. The van der Waals surface area contributed by atoms with Gasteiger partial charge in [-0.2, -0.15) is 0 Å². The lowest BCUT2D eigenvalue weighted by Gasteiger charge is -2.33. The summed E-state index contributed by atoms with van der Waals surface area (Å²) in [7, 11) is 0. The van der Waals surface area contributed by atoms with E-state index >= 15 is 0 Å². The van der Waals surface area contributed by atoms with E-state index in [4.69, 9.17) is 4.42 Å². The lowest BCUT2D eigenvalue weighted by molar-refractivity contribution is -0.136. The van der Waals surface area contributed by atoms with Crippen LogP contribution in [0, 0.1) is 5.92 Å². The minimum absolute atomic E-state index is 0.192. The van der Waals surface area contributed by atoms with Gasteiger partial charge in [0, 0.05) is 30.8 Å². The average molecular weight is 303 g/mol. The van der Waals surface area contributed by atoms with Crippen molar-refractivity contribution in [2.75, 3.05) is 13.1 Å². The molecule has 3 rings (SSSR count). The number of hydrogen-bond acceptors (Lipinski definition) is 4. The second kappa shape index (κ2) is 6.63. The maximum absolute atomic E-state index is 12.5. The van der Waals surface area contributed by atoms with Gasteiger partial charge in [-0.25, -0.2) is 0 Å². The second-order valence-corrected chi connectivity index (χ2v) is 6.71. The number of rotatable bonds is 3. The molecule has 1 saturated heterocycles. The lowest BCUT2D eigenvalue weighted by Crippen LogP contribution is -2.41. The number of likely N-dealkylation sites (tertiary alicyclic amines) is 1. The SMILES string of the molecule is CC(C)c1nnc(C2CCN(C(=O)C3CC=CCC3)CC2)o1. The Morgan fingerprint density at radius 2 is 2.00 bits per heavy atom. The number of carbonyl (C=O) groups is 1. The number of hydrogen-bond donors (Lipinski definition) is 0. The highest BCUT2D eigenvalue weighted by molar-refractivity contribution is 5.79. The summed E-state index contributed by atoms with van der Waals surface area (Å²) in [6.45, 7) is 5.72. The Labute approximate surface area is 131 Å². The monoisotopic (exact) mass is 303 g/mol. The van der Waals surface area contributed by atoms with Crippen molar-refractivity contribution in [1.82, 2.24) is 15.1 Å². The van der Waals surface area contributed by atoms with Crippen molar-refractivity contribution >= 4 is 5.91 Å². The highest BCUT2D eigenvalue weighted by Gasteiger charge is 2.30. The van der Waals surface area contributed by atoms with Crippen LogP contribution < -0.4 is 0 Å². The Bertz CT molecular complexity index is 542. The van der Waals surface area contributed by atoms with Crippen LogP contribution in [0.15, 0.2) is 16.6 Å². The molecule has 1 aliphatic heterocycles. The third-order valence-electron chi connectivity index (χ3n) is 4.72. The molecule has 22 heavy (non-hydrogen) atoms. The first-order valence-corrected chi connectivity index (χ1v) is 8.42. The molecule has 0 spiro atoms. The first kappa shape index (κ1) is 15.3. The van der Waals surface area contributed by atoms with Gasteiger partial charge in [0.05, 0.1) is 0 Å². The number of amides is 1. The molecule has 0 N–H and O–H groups in total. The normalized spacial score (nSPS) is 23.2. The van der Waals surface area contributed by atoms with E-state index in [0.29, 0.717) is 17.7 Å². The zero-order valence-electron chi connectivity index (χ0n) is 13.5. The number of carbonyl (C=O) groups excluding carboxylic acids is 1. The van der Waals surface area contributed by atoms with E-state index in [1.165, 1.54) is 0 Å². The maximum Gasteiger partial charge on any atom is 0.226 e. The summed E-state index contributed by atoms with van der Waals surface area (Å²) in [5, 5.41) is 8.31. The summed E-state index contributed by atoms with van der Waals surface area (Å²) >= 11 is 0. The Hall–Kier alpha value is -1.65. The van der Waals surface area contributed by atoms with Crippen LogP contribution in [0.5, 0.6) is 0 Å². The van der Waals surface area contributed by atoms with Gasteiger partial charge in [0.1, 0.15) is 0 Å². The molecule has 1 fully saturated rings. The third-order valence-corrected chi connectivity index (χ3v) is 4.72. The smallest absolute Gasteiger partial charge is 0.226 e. The molecular formula is C17H25N3O2. The molecule has 1 unspecified atom stereocenters. The molecule has 0 saturated carbocycles. The van der Waals surface area contributed by atoms with E-state index in [9.17, 15) is 4.79 Å². The van der Waals surface area contributed by atoms with Gasteiger partial charge in [0.15, 0.2) is 0 Å². The summed E-state index contributed by atoms with van der Waals surface area (Å²) in [5.74, 6) is 2.55. The zero-order valence-corrected chi connectivity index (χ0v) is 13.5. The first-order chi connectivity index (χ1) is 10.6. The molecule has 1 atom stereocenters. The molecule has 2 heterocycles. The van der Waals surface area contributed by atoms with E-state index < -0.39 is 0 Å². The fraction of sp³-hybridized carbons (Fsp3) is 0.706. The summed E-state index contributed by atoms with van der Waals surface area (Å²) in [4.78, 5) is 14.6. The zero-order chi connectivity index (χ0) is 15.5. The molecule has 1 aliphatic carbocycles. The molecule has 1 aromatic rings. The van der Waals surface area contributed by atoms with Crippen LogP contribution in [0.2, 0.25) is 0 Å². The summed E-state index contributed by atoms with van der Waals surface area (Å²) in [6.07, 6.45) is 9.11. The van der Waals surface area contributed by atoms with Crippen LogP contribution in [0.25, 0.3) is 0 Å². The molecule has 1 aromatic heterocycles. The van der Waals surface area contributed by atoms with Crippen LogP contribution in [0.3, 0.4) is 0 Å². The number of aromatic nitrogens is 2. The Balaban J connectivity index is 1.55.